The van der Waals surface area contributed by atoms with Crippen LogP contribution in [0.5, 0.6) is 5.75 Å². The van der Waals surface area contributed by atoms with Crippen LogP contribution < -0.4 is 4.74 Å². The Balaban J connectivity index is 1.80. The van der Waals surface area contributed by atoms with Gasteiger partial charge in [0.2, 0.25) is 0 Å². The maximum atomic E-state index is 13.1. The van der Waals surface area contributed by atoms with Gasteiger partial charge in [0.05, 0.1) is 22.7 Å². The number of rotatable bonds is 3. The molecule has 4 nitrogen and oxygen atoms in total. The molecule has 8 heteroatoms. The van der Waals surface area contributed by atoms with Gasteiger partial charge in [0.25, 0.3) is 0 Å². The summed E-state index contributed by atoms with van der Waals surface area (Å²) in [7, 11) is 0. The standard InChI is InChI=1S/C21H19ClF2N2O2S/c1-21(2,27)18-11-9-14(17-15(28-20(23)24)4-3-5-16(17)29-18)26-13-8-10(22)6-7-12(13)25-19(11)26/h3-8,11,14,18,20,27H,9H2,1-2H3/t11-,14-,18-/m1/s1. The summed E-state index contributed by atoms with van der Waals surface area (Å²) in [5.74, 6) is 0.981. The first-order valence-corrected chi connectivity index (χ1v) is 10.6. The molecule has 0 aliphatic carbocycles. The molecule has 3 heterocycles. The Morgan fingerprint density at radius 1 is 1.31 bits per heavy atom. The van der Waals surface area contributed by atoms with E-state index in [2.05, 4.69) is 4.57 Å². The third kappa shape index (κ3) is 3.02. The van der Waals surface area contributed by atoms with Crippen LogP contribution in [0.15, 0.2) is 41.3 Å². The maximum absolute atomic E-state index is 13.1. The van der Waals surface area contributed by atoms with Gasteiger partial charge in [0.15, 0.2) is 0 Å². The molecule has 152 valence electrons. The van der Waals surface area contributed by atoms with E-state index in [0.717, 1.165) is 21.8 Å². The molecule has 29 heavy (non-hydrogen) atoms. The van der Waals surface area contributed by atoms with Crippen molar-refractivity contribution in [3.05, 3.63) is 52.8 Å². The monoisotopic (exact) mass is 436 g/mol. The van der Waals surface area contributed by atoms with Crippen molar-refractivity contribution in [1.29, 1.82) is 0 Å². The van der Waals surface area contributed by atoms with Gasteiger partial charge in [-0.1, -0.05) is 17.7 Å². The highest BCUT2D eigenvalue weighted by Crippen LogP contribution is 2.57. The number of benzene rings is 2. The van der Waals surface area contributed by atoms with Crippen molar-refractivity contribution in [2.24, 2.45) is 0 Å². The lowest BCUT2D eigenvalue weighted by atomic mass is 9.88. The summed E-state index contributed by atoms with van der Waals surface area (Å²) in [6.45, 7) is 0.657. The van der Waals surface area contributed by atoms with E-state index in [4.69, 9.17) is 21.3 Å². The molecular formula is C21H19ClF2N2O2S. The van der Waals surface area contributed by atoms with Crippen molar-refractivity contribution in [3.8, 4) is 5.75 Å². The fourth-order valence-electron chi connectivity index (χ4n) is 4.64. The zero-order chi connectivity index (χ0) is 20.5. The summed E-state index contributed by atoms with van der Waals surface area (Å²) < 4.78 is 33.3. The zero-order valence-electron chi connectivity index (χ0n) is 15.8. The number of aromatic nitrogens is 2. The van der Waals surface area contributed by atoms with Crippen LogP contribution in [-0.4, -0.2) is 32.1 Å². The molecule has 0 fully saturated rings. The third-order valence-electron chi connectivity index (χ3n) is 5.69. The molecular weight excluding hydrogens is 418 g/mol. The second kappa shape index (κ2) is 6.59. The van der Waals surface area contributed by atoms with E-state index in [9.17, 15) is 13.9 Å². The highest BCUT2D eigenvalue weighted by Gasteiger charge is 2.48. The van der Waals surface area contributed by atoms with E-state index in [1.54, 1.807) is 32.0 Å². The Labute approximate surface area is 175 Å². The molecule has 0 amide bonds. The minimum atomic E-state index is -2.91. The number of hydrogen-bond acceptors (Lipinski definition) is 4. The summed E-state index contributed by atoms with van der Waals surface area (Å²) in [5.41, 5.74) is 1.38. The molecule has 2 aliphatic rings. The van der Waals surface area contributed by atoms with Crippen LogP contribution in [0, 0.1) is 0 Å². The smallest absolute Gasteiger partial charge is 0.387 e. The number of hydrogen-bond donors (Lipinski definition) is 1. The molecule has 1 aromatic heterocycles. The topological polar surface area (TPSA) is 47.3 Å². The lowest BCUT2D eigenvalue weighted by Gasteiger charge is -2.32. The molecule has 0 spiro atoms. The average molecular weight is 437 g/mol. The van der Waals surface area contributed by atoms with Crippen LogP contribution in [-0.2, 0) is 0 Å². The van der Waals surface area contributed by atoms with Crippen molar-refractivity contribution in [2.45, 2.75) is 54.6 Å². The maximum Gasteiger partial charge on any atom is 0.387 e. The summed E-state index contributed by atoms with van der Waals surface area (Å²) in [5, 5.41) is 11.3. The van der Waals surface area contributed by atoms with Crippen molar-refractivity contribution in [3.63, 3.8) is 0 Å². The fraction of sp³-hybridized carbons (Fsp3) is 0.381. The molecule has 2 bridgehead atoms. The largest absolute Gasteiger partial charge is 0.434 e. The molecule has 3 atom stereocenters. The van der Waals surface area contributed by atoms with E-state index in [1.165, 1.54) is 11.8 Å². The molecule has 5 rings (SSSR count). The Kier molecular flexibility index (Phi) is 4.35. The highest BCUT2D eigenvalue weighted by molar-refractivity contribution is 8.00. The minimum Gasteiger partial charge on any atom is -0.434 e. The van der Waals surface area contributed by atoms with Gasteiger partial charge < -0.3 is 14.4 Å². The molecule has 0 unspecified atom stereocenters. The molecule has 0 radical (unpaired) electrons. The SMILES string of the molecule is CC(C)(O)[C@@H]1Sc2cccc(OC(F)F)c2[C@H]2C[C@H]1c1nc3ccc(Cl)cc3n12. The van der Waals surface area contributed by atoms with Crippen LogP contribution in [0.4, 0.5) is 8.78 Å². The summed E-state index contributed by atoms with van der Waals surface area (Å²) in [6, 6.07) is 10.5. The van der Waals surface area contributed by atoms with Gasteiger partial charge in [0, 0.05) is 26.6 Å². The van der Waals surface area contributed by atoms with Gasteiger partial charge in [-0.3, -0.25) is 0 Å². The lowest BCUT2D eigenvalue weighted by molar-refractivity contribution is -0.0508. The molecule has 2 aromatic carbocycles. The summed E-state index contributed by atoms with van der Waals surface area (Å²) in [4.78, 5) is 5.68. The van der Waals surface area contributed by atoms with Crippen LogP contribution >= 0.6 is 23.4 Å². The van der Waals surface area contributed by atoms with Crippen molar-refractivity contribution >= 4 is 34.4 Å². The van der Waals surface area contributed by atoms with E-state index < -0.39 is 12.2 Å². The molecule has 1 N–H and O–H groups in total. The summed E-state index contributed by atoms with van der Waals surface area (Å²) in [6.07, 6.45) is 0.656. The van der Waals surface area contributed by atoms with Crippen molar-refractivity contribution in [1.82, 2.24) is 9.55 Å². The second-order valence-electron chi connectivity index (χ2n) is 8.07. The summed E-state index contributed by atoms with van der Waals surface area (Å²) >= 11 is 7.76. The Hall–Kier alpha value is -1.83. The number of thioether (sulfide) groups is 1. The van der Waals surface area contributed by atoms with Crippen LogP contribution in [0.1, 0.15) is 43.6 Å². The Morgan fingerprint density at radius 3 is 2.83 bits per heavy atom. The number of aliphatic hydroxyl groups is 1. The number of alkyl halides is 2. The van der Waals surface area contributed by atoms with Crippen LogP contribution in [0.2, 0.25) is 5.02 Å². The van der Waals surface area contributed by atoms with Gasteiger partial charge in [-0.15, -0.1) is 11.8 Å². The van der Waals surface area contributed by atoms with Gasteiger partial charge >= 0.3 is 6.61 Å². The number of imidazole rings is 1. The van der Waals surface area contributed by atoms with Crippen molar-refractivity contribution in [2.75, 3.05) is 0 Å². The van der Waals surface area contributed by atoms with Crippen molar-refractivity contribution < 1.29 is 18.6 Å². The van der Waals surface area contributed by atoms with Gasteiger partial charge in [-0.05, 0) is 50.6 Å². The number of nitrogens with zero attached hydrogens (tertiary/aromatic N) is 2. The molecule has 3 aromatic rings. The predicted octanol–water partition coefficient (Wildman–Crippen LogP) is 5.61. The number of halogens is 3. The quantitative estimate of drug-likeness (QED) is 0.579. The third-order valence-corrected chi connectivity index (χ3v) is 7.69. The number of ether oxygens (including phenoxy) is 1. The van der Waals surface area contributed by atoms with Gasteiger partial charge in [-0.2, -0.15) is 8.78 Å². The first-order valence-electron chi connectivity index (χ1n) is 9.38. The lowest BCUT2D eigenvalue weighted by Crippen LogP contribution is -2.37. The van der Waals surface area contributed by atoms with E-state index in [-0.39, 0.29) is 23.0 Å². The van der Waals surface area contributed by atoms with E-state index in [0.29, 0.717) is 17.0 Å². The predicted molar refractivity (Wildman–Crippen MR) is 109 cm³/mol. The van der Waals surface area contributed by atoms with Crippen LogP contribution in [0.25, 0.3) is 11.0 Å². The molecule has 0 saturated heterocycles. The van der Waals surface area contributed by atoms with E-state index in [1.807, 2.05) is 18.2 Å². The zero-order valence-corrected chi connectivity index (χ0v) is 17.3. The minimum absolute atomic E-state index is 0.0389. The average Bonchev–Trinajstić information content (AvgIpc) is 3.09. The first-order chi connectivity index (χ1) is 13.7. The first kappa shape index (κ1) is 19.2. The highest BCUT2D eigenvalue weighted by atomic mass is 35.5. The normalized spacial score (nSPS) is 23.2. The number of fused-ring (bicyclic) bond motifs is 9. The van der Waals surface area contributed by atoms with Gasteiger partial charge in [0.1, 0.15) is 11.6 Å². The second-order valence-corrected chi connectivity index (χ2v) is 9.69. The van der Waals surface area contributed by atoms with E-state index >= 15 is 0 Å². The Bertz CT molecular complexity index is 1110. The molecule has 0 saturated carbocycles. The van der Waals surface area contributed by atoms with Crippen LogP contribution in [0.3, 0.4) is 0 Å². The Morgan fingerprint density at radius 2 is 2.10 bits per heavy atom. The molecule has 2 aliphatic heterocycles. The van der Waals surface area contributed by atoms with Gasteiger partial charge in [-0.25, -0.2) is 4.98 Å². The fourth-order valence-corrected chi connectivity index (χ4v) is 6.29.